The fourth-order valence-electron chi connectivity index (χ4n) is 2.16. The molecule has 2 rings (SSSR count). The van der Waals surface area contributed by atoms with Crippen LogP contribution in [0.4, 0.5) is 4.39 Å². The molecule has 2 aromatic rings. The molecule has 0 aliphatic heterocycles. The molecule has 0 spiro atoms. The summed E-state index contributed by atoms with van der Waals surface area (Å²) in [6, 6.07) is 13.5. The molecule has 2 aromatic carbocycles. The van der Waals surface area contributed by atoms with Gasteiger partial charge in [-0.05, 0) is 37.1 Å². The number of halogens is 1. The van der Waals surface area contributed by atoms with Crippen LogP contribution in [0, 0.1) is 12.7 Å². The Balaban J connectivity index is 2.01. The van der Waals surface area contributed by atoms with Crippen LogP contribution in [0.2, 0.25) is 0 Å². The number of methoxy groups -OCH3 is 1. The van der Waals surface area contributed by atoms with Crippen LogP contribution in [0.15, 0.2) is 42.5 Å². The molecule has 1 N–H and O–H groups in total. The van der Waals surface area contributed by atoms with E-state index in [1.807, 2.05) is 19.1 Å². The third-order valence-corrected chi connectivity index (χ3v) is 3.37. The van der Waals surface area contributed by atoms with E-state index < -0.39 is 0 Å². The minimum atomic E-state index is -0.325. The second-order valence-electron chi connectivity index (χ2n) is 4.99. The second-order valence-corrected chi connectivity index (χ2v) is 4.99. The topological polar surface area (TPSA) is 21.3 Å². The average Bonchev–Trinajstić information content (AvgIpc) is 2.44. The standard InChI is InChI=1S/C17H20FNO/c1-12-5-4-6-14(9-12)11-19-13(2)15-7-8-17(20-3)16(18)10-15/h4-10,13,19H,11H2,1-3H3. The summed E-state index contributed by atoms with van der Waals surface area (Å²) in [6.45, 7) is 4.86. The summed E-state index contributed by atoms with van der Waals surface area (Å²) >= 11 is 0. The van der Waals surface area contributed by atoms with Gasteiger partial charge in [-0.2, -0.15) is 0 Å². The highest BCUT2D eigenvalue weighted by molar-refractivity contribution is 5.31. The second kappa shape index (κ2) is 6.53. The molecule has 0 aliphatic rings. The van der Waals surface area contributed by atoms with Gasteiger partial charge in [-0.25, -0.2) is 4.39 Å². The van der Waals surface area contributed by atoms with Crippen LogP contribution in [0.3, 0.4) is 0 Å². The maximum Gasteiger partial charge on any atom is 0.165 e. The van der Waals surface area contributed by atoms with Gasteiger partial charge in [0.2, 0.25) is 0 Å². The molecule has 0 bridgehead atoms. The Morgan fingerprint density at radius 3 is 2.65 bits per heavy atom. The highest BCUT2D eigenvalue weighted by atomic mass is 19.1. The maximum atomic E-state index is 13.7. The zero-order chi connectivity index (χ0) is 14.5. The number of benzene rings is 2. The Kier molecular flexibility index (Phi) is 4.74. The van der Waals surface area contributed by atoms with Gasteiger partial charge in [0.05, 0.1) is 7.11 Å². The van der Waals surface area contributed by atoms with Gasteiger partial charge >= 0.3 is 0 Å². The predicted molar refractivity (Wildman–Crippen MR) is 79.4 cm³/mol. The molecule has 0 fully saturated rings. The van der Waals surface area contributed by atoms with Gasteiger partial charge in [0.1, 0.15) is 0 Å². The van der Waals surface area contributed by atoms with E-state index in [4.69, 9.17) is 4.74 Å². The van der Waals surface area contributed by atoms with Crippen molar-refractivity contribution >= 4 is 0 Å². The first-order valence-corrected chi connectivity index (χ1v) is 6.72. The Morgan fingerprint density at radius 1 is 1.20 bits per heavy atom. The van der Waals surface area contributed by atoms with Crippen molar-refractivity contribution in [2.24, 2.45) is 0 Å². The molecular formula is C17H20FNO. The number of aryl methyl sites for hydroxylation is 1. The van der Waals surface area contributed by atoms with Crippen LogP contribution in [0.25, 0.3) is 0 Å². The third-order valence-electron chi connectivity index (χ3n) is 3.37. The molecule has 1 atom stereocenters. The molecular weight excluding hydrogens is 253 g/mol. The monoisotopic (exact) mass is 273 g/mol. The first-order chi connectivity index (χ1) is 9.60. The van der Waals surface area contributed by atoms with Gasteiger partial charge in [-0.1, -0.05) is 35.9 Å². The molecule has 106 valence electrons. The molecule has 0 saturated heterocycles. The molecule has 0 radical (unpaired) electrons. The van der Waals surface area contributed by atoms with Crippen molar-refractivity contribution in [2.45, 2.75) is 26.4 Å². The van der Waals surface area contributed by atoms with Crippen LogP contribution in [0.1, 0.15) is 29.7 Å². The molecule has 2 nitrogen and oxygen atoms in total. The molecule has 0 aliphatic carbocycles. The van der Waals surface area contributed by atoms with E-state index >= 15 is 0 Å². The lowest BCUT2D eigenvalue weighted by molar-refractivity contribution is 0.385. The van der Waals surface area contributed by atoms with Crippen LogP contribution < -0.4 is 10.1 Å². The lowest BCUT2D eigenvalue weighted by Gasteiger charge is -2.15. The van der Waals surface area contributed by atoms with Crippen molar-refractivity contribution in [3.8, 4) is 5.75 Å². The van der Waals surface area contributed by atoms with Gasteiger partial charge in [0.25, 0.3) is 0 Å². The molecule has 0 aromatic heterocycles. The van der Waals surface area contributed by atoms with Gasteiger partial charge < -0.3 is 10.1 Å². The summed E-state index contributed by atoms with van der Waals surface area (Å²) in [4.78, 5) is 0. The Labute approximate surface area is 119 Å². The van der Waals surface area contributed by atoms with E-state index in [-0.39, 0.29) is 17.6 Å². The number of nitrogens with one attached hydrogen (secondary N) is 1. The molecule has 0 saturated carbocycles. The van der Waals surface area contributed by atoms with Crippen molar-refractivity contribution in [1.82, 2.24) is 5.32 Å². The molecule has 0 heterocycles. The molecule has 0 amide bonds. The van der Waals surface area contributed by atoms with E-state index in [1.54, 1.807) is 6.07 Å². The SMILES string of the molecule is COc1ccc(C(C)NCc2cccc(C)c2)cc1F. The Morgan fingerprint density at radius 2 is 2.00 bits per heavy atom. The van der Waals surface area contributed by atoms with Gasteiger partial charge in [-0.15, -0.1) is 0 Å². The normalized spacial score (nSPS) is 12.2. The number of rotatable bonds is 5. The summed E-state index contributed by atoms with van der Waals surface area (Å²) in [6.07, 6.45) is 0. The summed E-state index contributed by atoms with van der Waals surface area (Å²) in [5.74, 6) is -0.0474. The van der Waals surface area contributed by atoms with Crippen LogP contribution in [-0.2, 0) is 6.54 Å². The van der Waals surface area contributed by atoms with Crippen molar-refractivity contribution in [2.75, 3.05) is 7.11 Å². The van der Waals surface area contributed by atoms with Crippen molar-refractivity contribution in [1.29, 1.82) is 0 Å². The van der Waals surface area contributed by atoms with E-state index in [0.717, 1.165) is 12.1 Å². The van der Waals surface area contributed by atoms with E-state index in [0.29, 0.717) is 0 Å². The Bertz CT molecular complexity index is 583. The fraction of sp³-hybridized carbons (Fsp3) is 0.294. The summed E-state index contributed by atoms with van der Waals surface area (Å²) in [7, 11) is 1.47. The minimum absolute atomic E-state index is 0.0796. The highest BCUT2D eigenvalue weighted by Gasteiger charge is 2.09. The van der Waals surface area contributed by atoms with E-state index in [1.165, 1.54) is 24.3 Å². The maximum absolute atomic E-state index is 13.7. The lowest BCUT2D eigenvalue weighted by atomic mass is 10.1. The third kappa shape index (κ3) is 3.58. The quantitative estimate of drug-likeness (QED) is 0.889. The van der Waals surface area contributed by atoms with Crippen LogP contribution in [-0.4, -0.2) is 7.11 Å². The zero-order valence-corrected chi connectivity index (χ0v) is 12.1. The minimum Gasteiger partial charge on any atom is -0.494 e. The van der Waals surface area contributed by atoms with E-state index in [9.17, 15) is 4.39 Å². The summed E-state index contributed by atoms with van der Waals surface area (Å²) in [5, 5.41) is 3.40. The summed E-state index contributed by atoms with van der Waals surface area (Å²) < 4.78 is 18.6. The first-order valence-electron chi connectivity index (χ1n) is 6.72. The largest absolute Gasteiger partial charge is 0.494 e. The number of ether oxygens (including phenoxy) is 1. The summed E-state index contributed by atoms with van der Waals surface area (Å²) in [5.41, 5.74) is 3.38. The van der Waals surface area contributed by atoms with Crippen LogP contribution in [0.5, 0.6) is 5.75 Å². The van der Waals surface area contributed by atoms with Gasteiger partial charge in [0, 0.05) is 12.6 Å². The number of hydrogen-bond donors (Lipinski definition) is 1. The van der Waals surface area contributed by atoms with Gasteiger partial charge in [-0.3, -0.25) is 0 Å². The first kappa shape index (κ1) is 14.5. The van der Waals surface area contributed by atoms with Crippen molar-refractivity contribution < 1.29 is 9.13 Å². The lowest BCUT2D eigenvalue weighted by Crippen LogP contribution is -2.18. The fourth-order valence-corrected chi connectivity index (χ4v) is 2.16. The highest BCUT2D eigenvalue weighted by Crippen LogP contribution is 2.22. The average molecular weight is 273 g/mol. The van der Waals surface area contributed by atoms with Gasteiger partial charge in [0.15, 0.2) is 11.6 Å². The predicted octanol–water partition coefficient (Wildman–Crippen LogP) is 3.99. The van der Waals surface area contributed by atoms with Crippen molar-refractivity contribution in [3.05, 3.63) is 65.0 Å². The van der Waals surface area contributed by atoms with E-state index in [2.05, 4.69) is 30.4 Å². The molecule has 3 heteroatoms. The molecule has 1 unspecified atom stereocenters. The Hall–Kier alpha value is -1.87. The van der Waals surface area contributed by atoms with Crippen LogP contribution >= 0.6 is 0 Å². The zero-order valence-electron chi connectivity index (χ0n) is 12.1. The number of hydrogen-bond acceptors (Lipinski definition) is 2. The molecule has 20 heavy (non-hydrogen) atoms. The smallest absolute Gasteiger partial charge is 0.165 e. The van der Waals surface area contributed by atoms with Crippen molar-refractivity contribution in [3.63, 3.8) is 0 Å².